The van der Waals surface area contributed by atoms with Crippen LogP contribution in [-0.2, 0) is 11.3 Å². The maximum atomic E-state index is 12.4. The van der Waals surface area contributed by atoms with E-state index < -0.39 is 0 Å². The van der Waals surface area contributed by atoms with Gasteiger partial charge in [-0.15, -0.1) is 10.2 Å². The third kappa shape index (κ3) is 5.72. The van der Waals surface area contributed by atoms with Crippen LogP contribution in [-0.4, -0.2) is 52.5 Å². The van der Waals surface area contributed by atoms with Crippen molar-refractivity contribution >= 4 is 23.4 Å². The number of carbonyl (C=O) groups excluding carboxylic acids is 1. The molecule has 1 N–H and O–H groups in total. The van der Waals surface area contributed by atoms with E-state index in [4.69, 9.17) is 4.74 Å². The molecule has 1 atom stereocenters. The fraction of sp³-hybridized carbons (Fsp3) is 0.550. The Bertz CT molecular complexity index is 763. The highest BCUT2D eigenvalue weighted by Crippen LogP contribution is 2.27. The van der Waals surface area contributed by atoms with E-state index in [1.165, 1.54) is 11.8 Å². The summed E-state index contributed by atoms with van der Waals surface area (Å²) in [6, 6.07) is 7.59. The standard InChI is InChI=1S/C20H31N5O2S/c1-6-8-13-25-19(16(7-2)24(3)4)22-23-20(25)28-14-18(26)21-15-11-9-10-12-17(15)27-5/h9-12,16H,6-8,13-14H2,1-5H3,(H,21,26)/t16-/m1/s1. The summed E-state index contributed by atoms with van der Waals surface area (Å²) in [7, 11) is 5.70. The van der Waals surface area contributed by atoms with E-state index in [0.717, 1.165) is 36.8 Å². The third-order valence-corrected chi connectivity index (χ3v) is 5.47. The van der Waals surface area contributed by atoms with E-state index in [2.05, 4.69) is 52.9 Å². The van der Waals surface area contributed by atoms with Crippen molar-refractivity contribution in [2.45, 2.75) is 50.9 Å². The Kier molecular flexibility index (Phi) is 8.79. The van der Waals surface area contributed by atoms with Gasteiger partial charge >= 0.3 is 0 Å². The van der Waals surface area contributed by atoms with Gasteiger partial charge in [0.15, 0.2) is 11.0 Å². The second-order valence-electron chi connectivity index (χ2n) is 6.77. The highest BCUT2D eigenvalue weighted by Gasteiger charge is 2.22. The van der Waals surface area contributed by atoms with Gasteiger partial charge in [0.25, 0.3) is 0 Å². The number of ether oxygens (including phenoxy) is 1. The molecule has 0 unspecified atom stereocenters. The van der Waals surface area contributed by atoms with Gasteiger partial charge in [-0.1, -0.05) is 44.2 Å². The maximum Gasteiger partial charge on any atom is 0.234 e. The summed E-state index contributed by atoms with van der Waals surface area (Å²) in [5.74, 6) is 1.78. The smallest absolute Gasteiger partial charge is 0.234 e. The molecule has 2 rings (SSSR count). The Balaban J connectivity index is 2.10. The number of thioether (sulfide) groups is 1. The summed E-state index contributed by atoms with van der Waals surface area (Å²) in [5.41, 5.74) is 0.669. The van der Waals surface area contributed by atoms with Crippen LogP contribution in [0.25, 0.3) is 0 Å². The molecule has 28 heavy (non-hydrogen) atoms. The first-order chi connectivity index (χ1) is 13.5. The number of anilines is 1. The molecule has 7 nitrogen and oxygen atoms in total. The van der Waals surface area contributed by atoms with Crippen LogP contribution in [0.15, 0.2) is 29.4 Å². The molecule has 2 aromatic rings. The van der Waals surface area contributed by atoms with Crippen LogP contribution in [0.3, 0.4) is 0 Å². The van der Waals surface area contributed by atoms with Crippen molar-refractivity contribution in [3.63, 3.8) is 0 Å². The van der Waals surface area contributed by atoms with Gasteiger partial charge < -0.3 is 14.6 Å². The Labute approximate surface area is 171 Å². The van der Waals surface area contributed by atoms with E-state index in [1.54, 1.807) is 7.11 Å². The molecule has 0 aliphatic rings. The summed E-state index contributed by atoms with van der Waals surface area (Å²) in [5, 5.41) is 12.5. The number of hydrogen-bond acceptors (Lipinski definition) is 6. The van der Waals surface area contributed by atoms with Crippen molar-refractivity contribution < 1.29 is 9.53 Å². The van der Waals surface area contributed by atoms with Crippen LogP contribution in [0, 0.1) is 0 Å². The molecule has 1 aromatic carbocycles. The fourth-order valence-electron chi connectivity index (χ4n) is 3.02. The molecule has 0 bridgehead atoms. The number of rotatable bonds is 11. The first kappa shape index (κ1) is 22.2. The molecule has 1 heterocycles. The van der Waals surface area contributed by atoms with Gasteiger partial charge in [0, 0.05) is 6.54 Å². The van der Waals surface area contributed by atoms with Crippen LogP contribution in [0.5, 0.6) is 5.75 Å². The minimum Gasteiger partial charge on any atom is -0.495 e. The molecule has 154 valence electrons. The summed E-state index contributed by atoms with van der Waals surface area (Å²) in [4.78, 5) is 14.6. The molecule has 1 amide bonds. The first-order valence-corrected chi connectivity index (χ1v) is 10.7. The van der Waals surface area contributed by atoms with Gasteiger partial charge in [-0.3, -0.25) is 9.69 Å². The Morgan fingerprint density at radius 2 is 2.04 bits per heavy atom. The van der Waals surface area contributed by atoms with E-state index in [0.29, 0.717) is 11.4 Å². The van der Waals surface area contributed by atoms with Gasteiger partial charge in [-0.2, -0.15) is 0 Å². The number of unbranched alkanes of at least 4 members (excludes halogenated alkanes) is 1. The molecule has 8 heteroatoms. The van der Waals surface area contributed by atoms with Crippen molar-refractivity contribution in [2.75, 3.05) is 32.3 Å². The molecule has 0 spiro atoms. The van der Waals surface area contributed by atoms with Crippen molar-refractivity contribution in [3.05, 3.63) is 30.1 Å². The summed E-state index contributed by atoms with van der Waals surface area (Å²) in [6.45, 7) is 5.18. The lowest BCUT2D eigenvalue weighted by atomic mass is 10.2. The Morgan fingerprint density at radius 3 is 2.68 bits per heavy atom. The van der Waals surface area contributed by atoms with Crippen LogP contribution in [0.4, 0.5) is 5.69 Å². The monoisotopic (exact) mass is 405 g/mol. The van der Waals surface area contributed by atoms with Gasteiger partial charge in [0.05, 0.1) is 24.6 Å². The zero-order valence-electron chi connectivity index (χ0n) is 17.4. The lowest BCUT2D eigenvalue weighted by molar-refractivity contribution is -0.113. The van der Waals surface area contributed by atoms with Crippen molar-refractivity contribution in [1.82, 2.24) is 19.7 Å². The molecular weight excluding hydrogens is 374 g/mol. The van der Waals surface area contributed by atoms with Crippen LogP contribution in [0.1, 0.15) is 45.0 Å². The van der Waals surface area contributed by atoms with E-state index >= 15 is 0 Å². The van der Waals surface area contributed by atoms with E-state index in [9.17, 15) is 4.79 Å². The summed E-state index contributed by atoms with van der Waals surface area (Å²) in [6.07, 6.45) is 3.10. The van der Waals surface area contributed by atoms with Gasteiger partial charge in [0.1, 0.15) is 5.75 Å². The lowest BCUT2D eigenvalue weighted by Gasteiger charge is -2.23. The second-order valence-corrected chi connectivity index (χ2v) is 7.71. The first-order valence-electron chi connectivity index (χ1n) is 9.66. The zero-order valence-corrected chi connectivity index (χ0v) is 18.3. The molecule has 0 saturated heterocycles. The Hall–Kier alpha value is -2.06. The SMILES string of the molecule is CCCCn1c(SCC(=O)Nc2ccccc2OC)nnc1[C@@H](CC)N(C)C. The average molecular weight is 406 g/mol. The summed E-state index contributed by atoms with van der Waals surface area (Å²) >= 11 is 1.42. The molecule has 1 aromatic heterocycles. The van der Waals surface area contributed by atoms with Crippen molar-refractivity contribution in [1.29, 1.82) is 0 Å². The second kappa shape index (κ2) is 11.1. The largest absolute Gasteiger partial charge is 0.495 e. The number of methoxy groups -OCH3 is 1. The maximum absolute atomic E-state index is 12.4. The average Bonchev–Trinajstić information content (AvgIpc) is 3.08. The number of nitrogens with one attached hydrogen (secondary N) is 1. The number of nitrogens with zero attached hydrogens (tertiary/aromatic N) is 4. The number of hydrogen-bond donors (Lipinski definition) is 1. The van der Waals surface area contributed by atoms with Crippen LogP contribution < -0.4 is 10.1 Å². The number of aromatic nitrogens is 3. The van der Waals surface area contributed by atoms with Crippen LogP contribution in [0.2, 0.25) is 0 Å². The highest BCUT2D eigenvalue weighted by atomic mass is 32.2. The van der Waals surface area contributed by atoms with Crippen LogP contribution >= 0.6 is 11.8 Å². The predicted molar refractivity (Wildman–Crippen MR) is 114 cm³/mol. The number of para-hydroxylation sites is 2. The topological polar surface area (TPSA) is 72.3 Å². The number of carbonyl (C=O) groups is 1. The predicted octanol–water partition coefficient (Wildman–Crippen LogP) is 3.83. The lowest BCUT2D eigenvalue weighted by Crippen LogP contribution is -2.23. The third-order valence-electron chi connectivity index (χ3n) is 4.50. The molecule has 0 aliphatic heterocycles. The summed E-state index contributed by atoms with van der Waals surface area (Å²) < 4.78 is 7.45. The molecular formula is C20H31N5O2S. The zero-order chi connectivity index (χ0) is 20.5. The van der Waals surface area contributed by atoms with Crippen molar-refractivity contribution in [3.8, 4) is 5.75 Å². The molecule has 0 saturated carbocycles. The van der Waals surface area contributed by atoms with Gasteiger partial charge in [-0.25, -0.2) is 0 Å². The minimum atomic E-state index is -0.0965. The van der Waals surface area contributed by atoms with E-state index in [-0.39, 0.29) is 17.7 Å². The Morgan fingerprint density at radius 1 is 1.29 bits per heavy atom. The number of amides is 1. The molecule has 0 aliphatic carbocycles. The minimum absolute atomic E-state index is 0.0965. The van der Waals surface area contributed by atoms with Crippen molar-refractivity contribution in [2.24, 2.45) is 0 Å². The molecule has 0 radical (unpaired) electrons. The number of benzene rings is 1. The van der Waals surface area contributed by atoms with Gasteiger partial charge in [0.2, 0.25) is 5.91 Å². The quantitative estimate of drug-likeness (QED) is 0.573. The normalized spacial score (nSPS) is 12.2. The molecule has 0 fully saturated rings. The van der Waals surface area contributed by atoms with Gasteiger partial charge in [-0.05, 0) is 39.1 Å². The highest BCUT2D eigenvalue weighted by molar-refractivity contribution is 7.99. The fourth-order valence-corrected chi connectivity index (χ4v) is 3.79. The van der Waals surface area contributed by atoms with E-state index in [1.807, 2.05) is 24.3 Å².